The first-order chi connectivity index (χ1) is 7.24. The first kappa shape index (κ1) is 10.8. The van der Waals surface area contributed by atoms with Gasteiger partial charge in [0.1, 0.15) is 11.0 Å². The van der Waals surface area contributed by atoms with E-state index in [1.165, 1.54) is 11.5 Å². The Kier molecular flexibility index (Phi) is 3.53. The summed E-state index contributed by atoms with van der Waals surface area (Å²) >= 11 is 7.78. The van der Waals surface area contributed by atoms with Gasteiger partial charge in [-0.1, -0.05) is 11.6 Å². The minimum absolute atomic E-state index is 0.218. The maximum absolute atomic E-state index is 5.79. The molecule has 0 unspecified atom stereocenters. The van der Waals surface area contributed by atoms with Crippen molar-refractivity contribution in [1.82, 2.24) is 9.97 Å². The summed E-state index contributed by atoms with van der Waals surface area (Å²) < 4.78 is 0. The molecule has 0 atom stereocenters. The zero-order valence-corrected chi connectivity index (χ0v) is 9.81. The first-order valence-corrected chi connectivity index (χ1v) is 6.41. The lowest BCUT2D eigenvalue weighted by Gasteiger charge is -2.22. The molecule has 1 saturated heterocycles. The highest BCUT2D eigenvalue weighted by Gasteiger charge is 2.14. The van der Waals surface area contributed by atoms with Gasteiger partial charge in [0.2, 0.25) is 5.95 Å². The van der Waals surface area contributed by atoms with Crippen LogP contribution in [0.3, 0.4) is 0 Å². The molecule has 0 saturated carbocycles. The number of nitrogens with two attached hydrogens (primary N) is 1. The molecule has 2 rings (SSSR count). The van der Waals surface area contributed by atoms with Gasteiger partial charge in [-0.2, -0.15) is 16.7 Å². The molecule has 1 aromatic rings. The number of nitrogens with one attached hydrogen (secondary N) is 1. The number of nitrogens with zero attached hydrogens (tertiary/aromatic N) is 2. The summed E-state index contributed by atoms with van der Waals surface area (Å²) in [6, 6.07) is 2.19. The maximum atomic E-state index is 5.79. The Hall–Kier alpha value is -0.680. The lowest BCUT2D eigenvalue weighted by molar-refractivity contribution is 0.663. The topological polar surface area (TPSA) is 63.8 Å². The minimum atomic E-state index is 0.218. The highest BCUT2D eigenvalue weighted by atomic mass is 35.5. The highest BCUT2D eigenvalue weighted by molar-refractivity contribution is 7.99. The van der Waals surface area contributed by atoms with E-state index in [-0.39, 0.29) is 5.95 Å². The number of anilines is 2. The van der Waals surface area contributed by atoms with Crippen LogP contribution in [0.2, 0.25) is 5.15 Å². The third-order valence-electron chi connectivity index (χ3n) is 2.29. The van der Waals surface area contributed by atoms with Crippen LogP contribution in [-0.4, -0.2) is 27.5 Å². The van der Waals surface area contributed by atoms with Gasteiger partial charge in [0, 0.05) is 12.1 Å². The van der Waals surface area contributed by atoms with Crippen LogP contribution < -0.4 is 11.1 Å². The zero-order chi connectivity index (χ0) is 10.7. The lowest BCUT2D eigenvalue weighted by Crippen LogP contribution is -2.25. The largest absolute Gasteiger partial charge is 0.368 e. The molecule has 1 fully saturated rings. The molecule has 1 aliphatic rings. The quantitative estimate of drug-likeness (QED) is 0.780. The number of hydrogen-bond donors (Lipinski definition) is 2. The molecule has 82 valence electrons. The molecule has 0 bridgehead atoms. The van der Waals surface area contributed by atoms with Gasteiger partial charge < -0.3 is 11.1 Å². The Labute approximate surface area is 98.0 Å². The fraction of sp³-hybridized carbons (Fsp3) is 0.556. The Morgan fingerprint density at radius 1 is 1.40 bits per heavy atom. The predicted molar refractivity (Wildman–Crippen MR) is 65.4 cm³/mol. The molecule has 3 N–H and O–H groups in total. The Morgan fingerprint density at radius 2 is 2.13 bits per heavy atom. The van der Waals surface area contributed by atoms with Crippen LogP contribution in [0.4, 0.5) is 11.8 Å². The van der Waals surface area contributed by atoms with Gasteiger partial charge in [0.05, 0.1) is 0 Å². The molecule has 0 aliphatic carbocycles. The molecular weight excluding hydrogens is 232 g/mol. The van der Waals surface area contributed by atoms with Crippen molar-refractivity contribution in [1.29, 1.82) is 0 Å². The van der Waals surface area contributed by atoms with Crippen molar-refractivity contribution >= 4 is 35.1 Å². The molecule has 4 nitrogen and oxygen atoms in total. The summed E-state index contributed by atoms with van der Waals surface area (Å²) in [5, 5.41) is 3.72. The zero-order valence-electron chi connectivity index (χ0n) is 8.24. The van der Waals surface area contributed by atoms with E-state index < -0.39 is 0 Å². The lowest BCUT2D eigenvalue weighted by atomic mass is 10.1. The number of hydrogen-bond acceptors (Lipinski definition) is 5. The van der Waals surface area contributed by atoms with Crippen molar-refractivity contribution < 1.29 is 0 Å². The summed E-state index contributed by atoms with van der Waals surface area (Å²) in [7, 11) is 0. The summed E-state index contributed by atoms with van der Waals surface area (Å²) in [4.78, 5) is 7.91. The monoisotopic (exact) mass is 244 g/mol. The van der Waals surface area contributed by atoms with Crippen molar-refractivity contribution in [3.05, 3.63) is 11.2 Å². The van der Waals surface area contributed by atoms with Crippen LogP contribution in [0, 0.1) is 0 Å². The third-order valence-corrected chi connectivity index (χ3v) is 3.53. The molecule has 0 aromatic carbocycles. The smallest absolute Gasteiger partial charge is 0.223 e. The van der Waals surface area contributed by atoms with Gasteiger partial charge >= 0.3 is 0 Å². The fourth-order valence-electron chi connectivity index (χ4n) is 1.56. The molecule has 0 amide bonds. The fourth-order valence-corrected chi connectivity index (χ4v) is 2.86. The number of nitrogen functional groups attached to an aromatic ring is 1. The molecule has 6 heteroatoms. The van der Waals surface area contributed by atoms with Crippen molar-refractivity contribution in [2.24, 2.45) is 0 Å². The summed E-state index contributed by atoms with van der Waals surface area (Å²) in [6.45, 7) is 0. The van der Waals surface area contributed by atoms with E-state index in [0.29, 0.717) is 11.2 Å². The maximum Gasteiger partial charge on any atom is 0.223 e. The Bertz CT molecular complexity index is 321. The molecular formula is C9H13ClN4S. The second-order valence-electron chi connectivity index (χ2n) is 3.47. The first-order valence-electron chi connectivity index (χ1n) is 4.88. The minimum Gasteiger partial charge on any atom is -0.368 e. The van der Waals surface area contributed by atoms with E-state index in [4.69, 9.17) is 17.3 Å². The molecule has 2 heterocycles. The summed E-state index contributed by atoms with van der Waals surface area (Å²) in [6.07, 6.45) is 2.32. The van der Waals surface area contributed by atoms with E-state index in [2.05, 4.69) is 15.3 Å². The van der Waals surface area contributed by atoms with E-state index in [9.17, 15) is 0 Å². The van der Waals surface area contributed by atoms with E-state index >= 15 is 0 Å². The van der Waals surface area contributed by atoms with E-state index in [1.807, 2.05) is 11.8 Å². The van der Waals surface area contributed by atoms with Crippen LogP contribution in [0.5, 0.6) is 0 Å². The van der Waals surface area contributed by atoms with Crippen molar-refractivity contribution in [2.45, 2.75) is 18.9 Å². The molecule has 0 spiro atoms. The van der Waals surface area contributed by atoms with Crippen LogP contribution in [0.25, 0.3) is 0 Å². The van der Waals surface area contributed by atoms with Gasteiger partial charge in [0.15, 0.2) is 0 Å². The van der Waals surface area contributed by atoms with Gasteiger partial charge in [-0.15, -0.1) is 0 Å². The standard InChI is InChI=1S/C9H13ClN4S/c10-7-5-8(14-9(11)13-7)12-6-1-3-15-4-2-6/h5-6H,1-4H2,(H3,11,12,13,14). The number of halogens is 1. The number of thioether (sulfide) groups is 1. The van der Waals surface area contributed by atoms with Crippen molar-refractivity contribution in [2.75, 3.05) is 22.6 Å². The summed E-state index contributed by atoms with van der Waals surface area (Å²) in [5.74, 6) is 3.34. The highest BCUT2D eigenvalue weighted by Crippen LogP contribution is 2.21. The van der Waals surface area contributed by atoms with Crippen LogP contribution >= 0.6 is 23.4 Å². The SMILES string of the molecule is Nc1nc(Cl)cc(NC2CCSCC2)n1. The van der Waals surface area contributed by atoms with Crippen LogP contribution in [0.1, 0.15) is 12.8 Å². The van der Waals surface area contributed by atoms with Crippen molar-refractivity contribution in [3.63, 3.8) is 0 Å². The summed E-state index contributed by atoms with van der Waals surface area (Å²) in [5.41, 5.74) is 5.51. The van der Waals surface area contributed by atoms with Gasteiger partial charge in [-0.3, -0.25) is 0 Å². The number of rotatable bonds is 2. The predicted octanol–water partition coefficient (Wildman–Crippen LogP) is 2.02. The Balaban J connectivity index is 2.02. The van der Waals surface area contributed by atoms with Crippen molar-refractivity contribution in [3.8, 4) is 0 Å². The molecule has 1 aromatic heterocycles. The average molecular weight is 245 g/mol. The normalized spacial score (nSPS) is 17.7. The average Bonchev–Trinajstić information content (AvgIpc) is 2.17. The second kappa shape index (κ2) is 4.90. The molecule has 1 aliphatic heterocycles. The van der Waals surface area contributed by atoms with Gasteiger partial charge in [-0.05, 0) is 24.3 Å². The van der Waals surface area contributed by atoms with Gasteiger partial charge in [-0.25, -0.2) is 4.98 Å². The second-order valence-corrected chi connectivity index (χ2v) is 5.08. The molecule has 15 heavy (non-hydrogen) atoms. The van der Waals surface area contributed by atoms with Crippen LogP contribution in [0.15, 0.2) is 6.07 Å². The third kappa shape index (κ3) is 3.14. The van der Waals surface area contributed by atoms with Gasteiger partial charge in [0.25, 0.3) is 0 Å². The van der Waals surface area contributed by atoms with E-state index in [1.54, 1.807) is 6.07 Å². The molecule has 0 radical (unpaired) electrons. The Morgan fingerprint density at radius 3 is 2.80 bits per heavy atom. The number of aromatic nitrogens is 2. The van der Waals surface area contributed by atoms with Crippen LogP contribution in [-0.2, 0) is 0 Å². The van der Waals surface area contributed by atoms with E-state index in [0.717, 1.165) is 18.7 Å².